The lowest BCUT2D eigenvalue weighted by molar-refractivity contribution is -0.386. The van der Waals surface area contributed by atoms with Crippen molar-refractivity contribution in [2.45, 2.75) is 31.7 Å². The number of carbonyl (C=O) groups excluding carboxylic acids is 1. The summed E-state index contributed by atoms with van der Waals surface area (Å²) in [7, 11) is 1.49. The second kappa shape index (κ2) is 10.2. The van der Waals surface area contributed by atoms with E-state index in [0.29, 0.717) is 35.7 Å². The molecule has 0 aromatic heterocycles. The summed E-state index contributed by atoms with van der Waals surface area (Å²) >= 11 is 0. The van der Waals surface area contributed by atoms with E-state index in [1.165, 1.54) is 13.2 Å². The van der Waals surface area contributed by atoms with Crippen LogP contribution in [0.25, 0.3) is 0 Å². The van der Waals surface area contributed by atoms with Crippen molar-refractivity contribution in [3.63, 3.8) is 0 Å². The van der Waals surface area contributed by atoms with E-state index in [2.05, 4.69) is 5.32 Å². The van der Waals surface area contributed by atoms with Crippen molar-refractivity contribution in [3.8, 4) is 11.5 Å². The van der Waals surface area contributed by atoms with Crippen LogP contribution in [-0.4, -0.2) is 42.1 Å². The Labute approximate surface area is 208 Å². The molecule has 0 radical (unpaired) electrons. The first-order chi connectivity index (χ1) is 17.5. The van der Waals surface area contributed by atoms with Gasteiger partial charge in [-0.1, -0.05) is 42.5 Å². The molecule has 0 spiro atoms. The molecule has 2 heterocycles. The number of fused-ring (bicyclic) bond motifs is 1. The standard InChI is InChI=1S/C27H27N3O6/c1-34-24-14-21(23(30(32)33)15-25(24)36-17-18-8-3-2-4-9-18)26-28-22-12-6-5-11-20(22)27(31)29(26)16-19-10-7-13-35-19/h2-6,8-9,11-12,14-15,19,26,28H,7,10,13,16-17H2,1H3/t19-,26+/m1/s1. The highest BCUT2D eigenvalue weighted by atomic mass is 16.6. The molecule has 0 unspecified atom stereocenters. The minimum atomic E-state index is -0.783. The summed E-state index contributed by atoms with van der Waals surface area (Å²) in [5.41, 5.74) is 2.20. The highest BCUT2D eigenvalue weighted by molar-refractivity contribution is 6.01. The van der Waals surface area contributed by atoms with Crippen molar-refractivity contribution in [1.82, 2.24) is 4.90 Å². The van der Waals surface area contributed by atoms with Crippen molar-refractivity contribution in [2.75, 3.05) is 25.6 Å². The smallest absolute Gasteiger partial charge is 0.280 e. The van der Waals surface area contributed by atoms with Crippen molar-refractivity contribution in [2.24, 2.45) is 0 Å². The molecule has 9 heteroatoms. The molecule has 1 amide bonds. The van der Waals surface area contributed by atoms with Crippen LogP contribution < -0.4 is 14.8 Å². The molecule has 36 heavy (non-hydrogen) atoms. The molecule has 2 atom stereocenters. The van der Waals surface area contributed by atoms with Crippen LogP contribution in [0.1, 0.15) is 40.5 Å². The zero-order chi connectivity index (χ0) is 25.1. The predicted molar refractivity (Wildman–Crippen MR) is 133 cm³/mol. The zero-order valence-electron chi connectivity index (χ0n) is 19.9. The maximum Gasteiger partial charge on any atom is 0.280 e. The van der Waals surface area contributed by atoms with E-state index in [-0.39, 0.29) is 30.1 Å². The number of benzene rings is 3. The molecule has 2 aliphatic rings. The van der Waals surface area contributed by atoms with Crippen LogP contribution in [0.15, 0.2) is 66.7 Å². The first-order valence-corrected chi connectivity index (χ1v) is 11.9. The maximum absolute atomic E-state index is 13.6. The number of hydrogen-bond donors (Lipinski definition) is 1. The van der Waals surface area contributed by atoms with Crippen molar-refractivity contribution in [3.05, 3.63) is 93.5 Å². The third-order valence-electron chi connectivity index (χ3n) is 6.49. The molecule has 0 saturated carbocycles. The summed E-state index contributed by atoms with van der Waals surface area (Å²) < 4.78 is 17.3. The zero-order valence-corrected chi connectivity index (χ0v) is 19.9. The summed E-state index contributed by atoms with van der Waals surface area (Å²) in [6, 6.07) is 19.6. The molecular weight excluding hydrogens is 462 g/mol. The predicted octanol–water partition coefficient (Wildman–Crippen LogP) is 4.93. The number of rotatable bonds is 8. The van der Waals surface area contributed by atoms with Crippen LogP contribution in [0.4, 0.5) is 11.4 Å². The second-order valence-corrected chi connectivity index (χ2v) is 8.78. The molecule has 3 aromatic carbocycles. The van der Waals surface area contributed by atoms with Gasteiger partial charge in [-0.3, -0.25) is 14.9 Å². The van der Waals surface area contributed by atoms with Gasteiger partial charge in [0.1, 0.15) is 12.8 Å². The van der Waals surface area contributed by atoms with Crippen LogP contribution in [0.3, 0.4) is 0 Å². The Morgan fingerprint density at radius 1 is 1.11 bits per heavy atom. The lowest BCUT2D eigenvalue weighted by Gasteiger charge is -2.39. The van der Waals surface area contributed by atoms with Gasteiger partial charge in [0.25, 0.3) is 11.6 Å². The van der Waals surface area contributed by atoms with Crippen molar-refractivity contribution < 1.29 is 23.9 Å². The molecule has 3 aromatic rings. The highest BCUT2D eigenvalue weighted by Gasteiger charge is 2.39. The SMILES string of the molecule is COc1cc([C@H]2Nc3ccccc3C(=O)N2C[C@H]2CCCO2)c([N+](=O)[O-])cc1OCc1ccccc1. The molecular formula is C27H27N3O6. The van der Waals surface area contributed by atoms with Gasteiger partial charge in [0.05, 0.1) is 35.3 Å². The molecule has 5 rings (SSSR count). The van der Waals surface area contributed by atoms with E-state index in [0.717, 1.165) is 18.4 Å². The van der Waals surface area contributed by atoms with Crippen LogP contribution in [0, 0.1) is 10.1 Å². The topological polar surface area (TPSA) is 103 Å². The Morgan fingerprint density at radius 3 is 2.61 bits per heavy atom. The Morgan fingerprint density at radius 2 is 1.89 bits per heavy atom. The van der Waals surface area contributed by atoms with Gasteiger partial charge in [0.2, 0.25) is 0 Å². The van der Waals surface area contributed by atoms with Gasteiger partial charge in [-0.25, -0.2) is 0 Å². The number of nitrogens with one attached hydrogen (secondary N) is 1. The van der Waals surface area contributed by atoms with Gasteiger partial charge in [-0.15, -0.1) is 0 Å². The normalized spacial score (nSPS) is 18.9. The fourth-order valence-electron chi connectivity index (χ4n) is 4.68. The number of ether oxygens (including phenoxy) is 3. The van der Waals surface area contributed by atoms with Crippen LogP contribution in [-0.2, 0) is 11.3 Å². The number of nitrogens with zero attached hydrogens (tertiary/aromatic N) is 2. The number of methoxy groups -OCH3 is 1. The average Bonchev–Trinajstić information content (AvgIpc) is 3.42. The quantitative estimate of drug-likeness (QED) is 0.354. The Kier molecular flexibility index (Phi) is 6.73. The van der Waals surface area contributed by atoms with Gasteiger partial charge >= 0.3 is 0 Å². The van der Waals surface area contributed by atoms with Crippen molar-refractivity contribution in [1.29, 1.82) is 0 Å². The average molecular weight is 490 g/mol. The van der Waals surface area contributed by atoms with E-state index >= 15 is 0 Å². The van der Waals surface area contributed by atoms with E-state index in [1.54, 1.807) is 29.2 Å². The number of hydrogen-bond acceptors (Lipinski definition) is 7. The molecule has 9 nitrogen and oxygen atoms in total. The van der Waals surface area contributed by atoms with Gasteiger partial charge < -0.3 is 24.4 Å². The van der Waals surface area contributed by atoms with Gasteiger partial charge in [0, 0.05) is 18.8 Å². The lowest BCUT2D eigenvalue weighted by Crippen LogP contribution is -2.46. The first-order valence-electron chi connectivity index (χ1n) is 11.9. The van der Waals surface area contributed by atoms with E-state index in [4.69, 9.17) is 14.2 Å². The van der Waals surface area contributed by atoms with Crippen molar-refractivity contribution >= 4 is 17.3 Å². The first kappa shape index (κ1) is 23.6. The maximum atomic E-state index is 13.6. The summed E-state index contributed by atoms with van der Waals surface area (Å²) in [6.45, 7) is 1.19. The Balaban J connectivity index is 1.54. The van der Waals surface area contributed by atoms with Gasteiger partial charge in [-0.05, 0) is 36.6 Å². The van der Waals surface area contributed by atoms with Gasteiger partial charge in [0.15, 0.2) is 11.5 Å². The summed E-state index contributed by atoms with van der Waals surface area (Å²) in [5, 5.41) is 15.6. The number of amides is 1. The largest absolute Gasteiger partial charge is 0.493 e. The van der Waals surface area contributed by atoms with E-state index in [9.17, 15) is 14.9 Å². The molecule has 0 aliphatic carbocycles. The lowest BCUT2D eigenvalue weighted by atomic mass is 10.0. The number of carbonyl (C=O) groups is 1. The van der Waals surface area contributed by atoms with Crippen LogP contribution in [0.2, 0.25) is 0 Å². The molecule has 1 saturated heterocycles. The summed E-state index contributed by atoms with van der Waals surface area (Å²) in [5.74, 6) is 0.393. The Hall–Kier alpha value is -4.11. The minimum absolute atomic E-state index is 0.127. The minimum Gasteiger partial charge on any atom is -0.493 e. The molecule has 186 valence electrons. The summed E-state index contributed by atoms with van der Waals surface area (Å²) in [4.78, 5) is 26.9. The molecule has 0 bridgehead atoms. The van der Waals surface area contributed by atoms with Crippen LogP contribution in [0.5, 0.6) is 11.5 Å². The molecule has 2 aliphatic heterocycles. The van der Waals surface area contributed by atoms with E-state index in [1.807, 2.05) is 36.4 Å². The molecule has 1 fully saturated rings. The second-order valence-electron chi connectivity index (χ2n) is 8.78. The molecule has 1 N–H and O–H groups in total. The number of nitro benzene ring substituents is 1. The Bertz CT molecular complexity index is 1260. The fourth-order valence-corrected chi connectivity index (χ4v) is 4.68. The fraction of sp³-hybridized carbons (Fsp3) is 0.296. The number of nitro groups is 1. The number of anilines is 1. The summed E-state index contributed by atoms with van der Waals surface area (Å²) in [6.07, 6.45) is 0.838. The van der Waals surface area contributed by atoms with E-state index < -0.39 is 11.1 Å². The highest BCUT2D eigenvalue weighted by Crippen LogP contribution is 2.42. The van der Waals surface area contributed by atoms with Gasteiger partial charge in [-0.2, -0.15) is 0 Å². The number of para-hydroxylation sites is 1. The monoisotopic (exact) mass is 489 g/mol. The third kappa shape index (κ3) is 4.70. The van der Waals surface area contributed by atoms with Crippen LogP contribution >= 0.6 is 0 Å². The third-order valence-corrected chi connectivity index (χ3v) is 6.49.